The van der Waals surface area contributed by atoms with Crippen LogP contribution < -0.4 is 10.5 Å². The number of thiazole rings is 1. The molecule has 3 rings (SSSR count). The normalized spacial score (nSPS) is 21.3. The van der Waals surface area contributed by atoms with Gasteiger partial charge in [0.1, 0.15) is 10.8 Å². The summed E-state index contributed by atoms with van der Waals surface area (Å²) in [7, 11) is 1.70. The van der Waals surface area contributed by atoms with Crippen LogP contribution in [-0.2, 0) is 6.54 Å². The standard InChI is InChI=1S/C18H25N3OS/c1-18(2)12-21(9-8-16(18)19)10-13-11-23-17(20-13)14-6-4-5-7-15(14)22-3/h4-7,11,16H,8-10,12,19H2,1-3H3. The molecule has 0 bridgehead atoms. The zero-order chi connectivity index (χ0) is 16.4. The van der Waals surface area contributed by atoms with E-state index >= 15 is 0 Å². The van der Waals surface area contributed by atoms with Crippen LogP contribution in [0, 0.1) is 5.41 Å². The third-order valence-electron chi connectivity index (χ3n) is 4.67. The number of ether oxygens (including phenoxy) is 1. The van der Waals surface area contributed by atoms with Crippen molar-refractivity contribution in [2.45, 2.75) is 32.9 Å². The summed E-state index contributed by atoms with van der Waals surface area (Å²) in [6.45, 7) is 7.47. The van der Waals surface area contributed by atoms with Gasteiger partial charge in [0.2, 0.25) is 0 Å². The Morgan fingerprint density at radius 3 is 2.91 bits per heavy atom. The first-order valence-corrected chi connectivity index (χ1v) is 8.93. The van der Waals surface area contributed by atoms with Crippen LogP contribution in [0.5, 0.6) is 5.75 Å². The monoisotopic (exact) mass is 331 g/mol. The SMILES string of the molecule is COc1ccccc1-c1nc(CN2CCC(N)C(C)(C)C2)cs1. The predicted molar refractivity (Wildman–Crippen MR) is 95.8 cm³/mol. The molecule has 1 atom stereocenters. The first-order valence-electron chi connectivity index (χ1n) is 8.05. The average molecular weight is 331 g/mol. The Morgan fingerprint density at radius 1 is 1.39 bits per heavy atom. The molecule has 124 valence electrons. The van der Waals surface area contributed by atoms with Crippen molar-refractivity contribution in [3.63, 3.8) is 0 Å². The summed E-state index contributed by atoms with van der Waals surface area (Å²) >= 11 is 1.68. The Bertz CT molecular complexity index is 668. The lowest BCUT2D eigenvalue weighted by molar-refractivity contribution is 0.0891. The van der Waals surface area contributed by atoms with Crippen LogP contribution in [0.1, 0.15) is 26.0 Å². The molecule has 0 saturated carbocycles. The Balaban J connectivity index is 1.73. The summed E-state index contributed by atoms with van der Waals surface area (Å²) in [6.07, 6.45) is 1.05. The van der Waals surface area contributed by atoms with E-state index in [1.807, 2.05) is 18.2 Å². The van der Waals surface area contributed by atoms with E-state index in [-0.39, 0.29) is 5.41 Å². The van der Waals surface area contributed by atoms with Crippen LogP contribution in [0.25, 0.3) is 10.6 Å². The molecule has 0 spiro atoms. The van der Waals surface area contributed by atoms with Crippen molar-refractivity contribution in [1.82, 2.24) is 9.88 Å². The number of likely N-dealkylation sites (tertiary alicyclic amines) is 1. The van der Waals surface area contributed by atoms with E-state index in [2.05, 4.69) is 30.2 Å². The number of hydrogen-bond donors (Lipinski definition) is 1. The molecule has 1 fully saturated rings. The Kier molecular flexibility index (Phi) is 4.71. The molecule has 0 aliphatic carbocycles. The lowest BCUT2D eigenvalue weighted by Crippen LogP contribution is -2.52. The molecule has 0 amide bonds. The largest absolute Gasteiger partial charge is 0.496 e. The molecule has 2 heterocycles. The van der Waals surface area contributed by atoms with E-state index in [0.717, 1.165) is 48.1 Å². The molecule has 2 N–H and O–H groups in total. The molecule has 1 aliphatic heterocycles. The zero-order valence-corrected chi connectivity index (χ0v) is 14.9. The molecule has 5 heteroatoms. The van der Waals surface area contributed by atoms with Crippen molar-refractivity contribution in [2.24, 2.45) is 11.1 Å². The maximum absolute atomic E-state index is 6.23. The summed E-state index contributed by atoms with van der Waals surface area (Å²) in [5, 5.41) is 3.17. The van der Waals surface area contributed by atoms with Gasteiger partial charge in [-0.3, -0.25) is 4.90 Å². The highest BCUT2D eigenvalue weighted by Gasteiger charge is 2.33. The second kappa shape index (κ2) is 6.59. The van der Waals surface area contributed by atoms with Gasteiger partial charge in [-0.2, -0.15) is 0 Å². The maximum atomic E-state index is 6.23. The van der Waals surface area contributed by atoms with Crippen LogP contribution in [0.15, 0.2) is 29.6 Å². The molecule has 1 aliphatic rings. The van der Waals surface area contributed by atoms with Crippen LogP contribution in [0.4, 0.5) is 0 Å². The number of benzene rings is 1. The number of rotatable bonds is 4. The van der Waals surface area contributed by atoms with Gasteiger partial charge in [0.15, 0.2) is 0 Å². The van der Waals surface area contributed by atoms with E-state index in [9.17, 15) is 0 Å². The zero-order valence-electron chi connectivity index (χ0n) is 14.1. The van der Waals surface area contributed by atoms with Crippen molar-refractivity contribution in [3.8, 4) is 16.3 Å². The fraction of sp³-hybridized carbons (Fsp3) is 0.500. The summed E-state index contributed by atoms with van der Waals surface area (Å²) in [6, 6.07) is 8.33. The number of methoxy groups -OCH3 is 1. The van der Waals surface area contributed by atoms with Gasteiger partial charge in [0.25, 0.3) is 0 Å². The maximum Gasteiger partial charge on any atom is 0.129 e. The summed E-state index contributed by atoms with van der Waals surface area (Å²) < 4.78 is 5.44. The van der Waals surface area contributed by atoms with Crippen molar-refractivity contribution in [1.29, 1.82) is 0 Å². The summed E-state index contributed by atoms with van der Waals surface area (Å²) in [5.74, 6) is 0.874. The molecule has 2 aromatic rings. The highest BCUT2D eigenvalue weighted by molar-refractivity contribution is 7.13. The number of piperidine rings is 1. The summed E-state index contributed by atoms with van der Waals surface area (Å²) in [4.78, 5) is 7.28. The van der Waals surface area contributed by atoms with Crippen LogP contribution in [0.3, 0.4) is 0 Å². The lowest BCUT2D eigenvalue weighted by atomic mass is 9.80. The molecular formula is C18H25N3OS. The van der Waals surface area contributed by atoms with Gasteiger partial charge < -0.3 is 10.5 Å². The third-order valence-corrected chi connectivity index (χ3v) is 5.59. The molecule has 1 unspecified atom stereocenters. The van der Waals surface area contributed by atoms with Crippen LogP contribution in [-0.4, -0.2) is 36.1 Å². The molecular weight excluding hydrogens is 306 g/mol. The van der Waals surface area contributed by atoms with E-state index in [4.69, 9.17) is 15.5 Å². The number of hydrogen-bond acceptors (Lipinski definition) is 5. The molecule has 23 heavy (non-hydrogen) atoms. The van der Waals surface area contributed by atoms with E-state index < -0.39 is 0 Å². The minimum absolute atomic E-state index is 0.166. The van der Waals surface area contributed by atoms with Crippen molar-refractivity contribution < 1.29 is 4.74 Å². The van der Waals surface area contributed by atoms with Crippen molar-refractivity contribution in [2.75, 3.05) is 20.2 Å². The van der Waals surface area contributed by atoms with Gasteiger partial charge in [-0.15, -0.1) is 11.3 Å². The molecule has 4 nitrogen and oxygen atoms in total. The Hall–Kier alpha value is -1.43. The van der Waals surface area contributed by atoms with Gasteiger partial charge >= 0.3 is 0 Å². The number of aromatic nitrogens is 1. The van der Waals surface area contributed by atoms with Gasteiger partial charge in [0.05, 0.1) is 18.4 Å². The fourth-order valence-electron chi connectivity index (χ4n) is 3.17. The first kappa shape index (κ1) is 16.4. The Labute approximate surface area is 142 Å². The first-order chi connectivity index (χ1) is 11.0. The predicted octanol–water partition coefficient (Wildman–Crippen LogP) is 3.38. The Morgan fingerprint density at radius 2 is 2.17 bits per heavy atom. The quantitative estimate of drug-likeness (QED) is 0.933. The van der Waals surface area contributed by atoms with Crippen LogP contribution >= 0.6 is 11.3 Å². The van der Waals surface area contributed by atoms with Crippen LogP contribution in [0.2, 0.25) is 0 Å². The van der Waals surface area contributed by atoms with Gasteiger partial charge in [-0.1, -0.05) is 26.0 Å². The highest BCUT2D eigenvalue weighted by atomic mass is 32.1. The second-order valence-electron chi connectivity index (χ2n) is 6.94. The molecule has 1 aromatic heterocycles. The number of para-hydroxylation sites is 1. The van der Waals surface area contributed by atoms with Crippen molar-refractivity contribution >= 4 is 11.3 Å². The third kappa shape index (κ3) is 3.57. The average Bonchev–Trinajstić information content (AvgIpc) is 2.99. The minimum Gasteiger partial charge on any atom is -0.496 e. The van der Waals surface area contributed by atoms with E-state index in [0.29, 0.717) is 6.04 Å². The topological polar surface area (TPSA) is 51.4 Å². The van der Waals surface area contributed by atoms with Gasteiger partial charge in [0, 0.05) is 31.1 Å². The smallest absolute Gasteiger partial charge is 0.129 e. The van der Waals surface area contributed by atoms with Gasteiger partial charge in [-0.25, -0.2) is 4.98 Å². The molecule has 0 radical (unpaired) electrons. The number of nitrogens with zero attached hydrogens (tertiary/aromatic N) is 2. The second-order valence-corrected chi connectivity index (χ2v) is 7.80. The highest BCUT2D eigenvalue weighted by Crippen LogP contribution is 2.33. The summed E-state index contributed by atoms with van der Waals surface area (Å²) in [5.41, 5.74) is 8.58. The fourth-order valence-corrected chi connectivity index (χ4v) is 4.01. The lowest BCUT2D eigenvalue weighted by Gasteiger charge is -2.42. The van der Waals surface area contributed by atoms with Gasteiger partial charge in [-0.05, 0) is 24.0 Å². The van der Waals surface area contributed by atoms with E-state index in [1.165, 1.54) is 0 Å². The molecule has 1 aromatic carbocycles. The minimum atomic E-state index is 0.166. The van der Waals surface area contributed by atoms with Crippen molar-refractivity contribution in [3.05, 3.63) is 35.3 Å². The molecule has 1 saturated heterocycles. The number of nitrogens with two attached hydrogens (primary N) is 1. The van der Waals surface area contributed by atoms with E-state index in [1.54, 1.807) is 18.4 Å².